The zero-order chi connectivity index (χ0) is 16.9. The molecule has 0 fully saturated rings. The van der Waals surface area contributed by atoms with E-state index in [1.165, 1.54) is 22.3 Å². The van der Waals surface area contributed by atoms with Gasteiger partial charge in [-0.15, -0.1) is 0 Å². The highest BCUT2D eigenvalue weighted by Gasteiger charge is 2.42. The molecule has 0 spiro atoms. The van der Waals surface area contributed by atoms with E-state index in [0.29, 0.717) is 11.0 Å². The van der Waals surface area contributed by atoms with E-state index in [9.17, 15) is 0 Å². The third-order valence-corrected chi connectivity index (χ3v) is 9.79. The largest absolute Gasteiger partial charge is 0.0923 e. The average molecular weight is 331 g/mol. The van der Waals surface area contributed by atoms with Crippen LogP contribution < -0.4 is 0 Å². The van der Waals surface area contributed by atoms with Crippen molar-refractivity contribution in [2.24, 2.45) is 5.41 Å². The zero-order valence-corrected chi connectivity index (χ0v) is 16.1. The minimum atomic E-state index is -1.66. The molecule has 122 valence electrons. The molecule has 0 aliphatic heterocycles. The maximum atomic E-state index is 2.55. The maximum Gasteiger partial charge on any atom is 0.0923 e. The van der Waals surface area contributed by atoms with Crippen molar-refractivity contribution in [3.8, 4) is 11.1 Å². The Morgan fingerprint density at radius 1 is 0.875 bits per heavy atom. The van der Waals surface area contributed by atoms with E-state index in [-0.39, 0.29) is 0 Å². The lowest BCUT2D eigenvalue weighted by Gasteiger charge is -2.35. The van der Waals surface area contributed by atoms with Gasteiger partial charge in [0.1, 0.15) is 0 Å². The molecule has 0 bridgehead atoms. The molecular weight excluding hydrogens is 304 g/mol. The highest BCUT2D eigenvalue weighted by molar-refractivity contribution is 6.87. The molecule has 2 aliphatic carbocycles. The Morgan fingerprint density at radius 3 is 1.92 bits per heavy atom. The van der Waals surface area contributed by atoms with Crippen LogP contribution in [0.15, 0.2) is 72.0 Å². The summed E-state index contributed by atoms with van der Waals surface area (Å²) in [5.74, 6) is 0. The van der Waals surface area contributed by atoms with E-state index in [2.05, 4.69) is 93.7 Å². The lowest BCUT2D eigenvalue weighted by atomic mass is 9.86. The zero-order valence-electron chi connectivity index (χ0n) is 15.1. The van der Waals surface area contributed by atoms with E-state index in [0.717, 1.165) is 6.42 Å². The monoisotopic (exact) mass is 330 g/mol. The molecule has 0 unspecified atom stereocenters. The van der Waals surface area contributed by atoms with Crippen LogP contribution in [0.3, 0.4) is 0 Å². The Labute approximate surface area is 146 Å². The smallest absolute Gasteiger partial charge is 0.0844 e. The molecule has 2 aromatic rings. The Bertz CT molecular complexity index is 806. The Hall–Kier alpha value is -1.86. The number of allylic oxidation sites excluding steroid dienone is 4. The average Bonchev–Trinajstić information content (AvgIpc) is 2.89. The van der Waals surface area contributed by atoms with Gasteiger partial charge in [-0.05, 0) is 34.1 Å². The normalized spacial score (nSPS) is 18.9. The second-order valence-corrected chi connectivity index (χ2v) is 13.1. The lowest BCUT2D eigenvalue weighted by molar-refractivity contribution is 0.483. The van der Waals surface area contributed by atoms with Gasteiger partial charge >= 0.3 is 0 Å². The van der Waals surface area contributed by atoms with Gasteiger partial charge in [-0.25, -0.2) is 0 Å². The highest BCUT2D eigenvalue weighted by Crippen LogP contribution is 2.51. The van der Waals surface area contributed by atoms with Crippen LogP contribution in [-0.2, 0) is 0 Å². The molecule has 24 heavy (non-hydrogen) atoms. The molecule has 2 aromatic carbocycles. The topological polar surface area (TPSA) is 0 Å². The van der Waals surface area contributed by atoms with E-state index in [1.54, 1.807) is 5.20 Å². The van der Waals surface area contributed by atoms with Gasteiger partial charge in [0, 0.05) is 5.54 Å². The van der Waals surface area contributed by atoms with Crippen molar-refractivity contribution < 1.29 is 0 Å². The highest BCUT2D eigenvalue weighted by atomic mass is 28.3. The molecule has 2 aliphatic rings. The standard InChI is InChI=1S/C23H26Si/c1-23(2)15-13-17(14-16-23)24(3,4)22-20-11-7-5-9-18(20)19-10-6-8-12-21(19)22/h5-15,22H,16H2,1-4H3. The molecule has 1 heteroatoms. The summed E-state index contributed by atoms with van der Waals surface area (Å²) in [4.78, 5) is 0. The summed E-state index contributed by atoms with van der Waals surface area (Å²) in [6.07, 6.45) is 8.53. The lowest BCUT2D eigenvalue weighted by Crippen LogP contribution is -2.38. The summed E-state index contributed by atoms with van der Waals surface area (Å²) in [6, 6.07) is 18.1. The van der Waals surface area contributed by atoms with Gasteiger partial charge in [0.25, 0.3) is 0 Å². The summed E-state index contributed by atoms with van der Waals surface area (Å²) >= 11 is 0. The first-order valence-electron chi connectivity index (χ1n) is 8.98. The fourth-order valence-corrected chi connectivity index (χ4v) is 7.93. The van der Waals surface area contributed by atoms with Crippen molar-refractivity contribution in [3.63, 3.8) is 0 Å². The van der Waals surface area contributed by atoms with Crippen molar-refractivity contribution in [1.29, 1.82) is 0 Å². The van der Waals surface area contributed by atoms with Crippen LogP contribution >= 0.6 is 0 Å². The molecular formula is C23H26Si. The third-order valence-electron chi connectivity index (χ3n) is 5.86. The summed E-state index contributed by atoms with van der Waals surface area (Å²) in [5.41, 5.74) is 6.82. The number of fused-ring (bicyclic) bond motifs is 3. The van der Waals surface area contributed by atoms with E-state index >= 15 is 0 Å². The summed E-state index contributed by atoms with van der Waals surface area (Å²) in [5, 5.41) is 1.61. The van der Waals surface area contributed by atoms with Gasteiger partial charge in [-0.3, -0.25) is 0 Å². The van der Waals surface area contributed by atoms with Crippen molar-refractivity contribution >= 4 is 8.07 Å². The number of benzene rings is 2. The van der Waals surface area contributed by atoms with E-state index in [1.807, 2.05) is 0 Å². The second kappa shape index (κ2) is 5.32. The van der Waals surface area contributed by atoms with Crippen LogP contribution in [0.25, 0.3) is 11.1 Å². The predicted molar refractivity (Wildman–Crippen MR) is 107 cm³/mol. The number of hydrogen-bond acceptors (Lipinski definition) is 0. The minimum absolute atomic E-state index is 0.305. The summed E-state index contributed by atoms with van der Waals surface area (Å²) < 4.78 is 0. The van der Waals surface area contributed by atoms with Gasteiger partial charge < -0.3 is 0 Å². The Morgan fingerprint density at radius 2 is 1.42 bits per heavy atom. The van der Waals surface area contributed by atoms with E-state index in [4.69, 9.17) is 0 Å². The summed E-state index contributed by atoms with van der Waals surface area (Å²) in [7, 11) is -1.66. The van der Waals surface area contributed by atoms with Gasteiger partial charge in [-0.1, -0.05) is 98.9 Å². The molecule has 0 aromatic heterocycles. The fraction of sp³-hybridized carbons (Fsp3) is 0.304. The van der Waals surface area contributed by atoms with Crippen LogP contribution in [0.5, 0.6) is 0 Å². The SMILES string of the molecule is CC1(C)C=CC([Si](C)(C)C2c3ccccc3-c3ccccc32)=CC1. The molecule has 0 amide bonds. The van der Waals surface area contributed by atoms with Crippen molar-refractivity contribution in [3.05, 3.63) is 83.1 Å². The Kier molecular flexibility index (Phi) is 3.47. The van der Waals surface area contributed by atoms with Crippen LogP contribution in [-0.4, -0.2) is 8.07 Å². The van der Waals surface area contributed by atoms with Gasteiger partial charge in [0.2, 0.25) is 0 Å². The molecule has 0 atom stereocenters. The van der Waals surface area contributed by atoms with Crippen LogP contribution in [0.2, 0.25) is 13.1 Å². The van der Waals surface area contributed by atoms with Crippen molar-refractivity contribution in [2.75, 3.05) is 0 Å². The van der Waals surface area contributed by atoms with Gasteiger partial charge in [0.05, 0.1) is 8.07 Å². The number of hydrogen-bond donors (Lipinski definition) is 0. The fourth-order valence-electron chi connectivity index (χ4n) is 4.40. The van der Waals surface area contributed by atoms with Crippen LogP contribution in [0, 0.1) is 5.41 Å². The van der Waals surface area contributed by atoms with E-state index < -0.39 is 8.07 Å². The molecule has 0 saturated heterocycles. The first-order valence-corrected chi connectivity index (χ1v) is 12.1. The van der Waals surface area contributed by atoms with Crippen molar-refractivity contribution in [2.45, 2.75) is 38.9 Å². The molecule has 0 nitrogen and oxygen atoms in total. The molecule has 0 radical (unpaired) electrons. The summed E-state index contributed by atoms with van der Waals surface area (Å²) in [6.45, 7) is 9.74. The minimum Gasteiger partial charge on any atom is -0.0844 e. The third kappa shape index (κ3) is 2.34. The van der Waals surface area contributed by atoms with Crippen molar-refractivity contribution in [1.82, 2.24) is 0 Å². The van der Waals surface area contributed by atoms with Gasteiger partial charge in [-0.2, -0.15) is 0 Å². The Balaban J connectivity index is 1.84. The molecule has 0 heterocycles. The maximum absolute atomic E-state index is 2.55. The number of rotatable bonds is 2. The molecule has 0 N–H and O–H groups in total. The van der Waals surface area contributed by atoms with Crippen LogP contribution in [0.4, 0.5) is 0 Å². The molecule has 0 saturated carbocycles. The van der Waals surface area contributed by atoms with Crippen LogP contribution in [0.1, 0.15) is 36.9 Å². The molecule has 4 rings (SSSR count). The van der Waals surface area contributed by atoms with Gasteiger partial charge in [0.15, 0.2) is 0 Å². The second-order valence-electron chi connectivity index (χ2n) is 8.51. The predicted octanol–water partition coefficient (Wildman–Crippen LogP) is 6.50. The quantitative estimate of drug-likeness (QED) is 0.551. The first-order chi connectivity index (χ1) is 11.4. The first kappa shape index (κ1) is 15.7.